The largest absolute Gasteiger partial charge is 0.496 e. The molecule has 0 N–H and O–H groups in total. The van der Waals surface area contributed by atoms with Gasteiger partial charge in [-0.3, -0.25) is 0 Å². The number of ether oxygens (including phenoxy) is 4. The van der Waals surface area contributed by atoms with Crippen molar-refractivity contribution in [2.45, 2.75) is 0 Å². The zero-order chi connectivity index (χ0) is 29.4. The molecule has 0 amide bonds. The Kier molecular flexibility index (Phi) is 6.79. The highest BCUT2D eigenvalue weighted by atomic mass is 16.5. The van der Waals surface area contributed by atoms with Gasteiger partial charge >= 0.3 is 11.3 Å². The van der Waals surface area contributed by atoms with E-state index in [4.69, 9.17) is 37.7 Å². The molecular formula is C32H24N2O8. The van der Waals surface area contributed by atoms with Crippen molar-refractivity contribution in [1.29, 1.82) is 0 Å². The summed E-state index contributed by atoms with van der Waals surface area (Å²) in [5.74, 6) is 1.98. The first kappa shape index (κ1) is 26.6. The lowest BCUT2D eigenvalue weighted by Gasteiger charge is -2.10. The molecule has 0 aliphatic heterocycles. The minimum atomic E-state index is -0.566. The van der Waals surface area contributed by atoms with Crippen LogP contribution in [0.1, 0.15) is 0 Å². The lowest BCUT2D eigenvalue weighted by atomic mass is 10.1. The average molecular weight is 565 g/mol. The maximum absolute atomic E-state index is 13.0. The van der Waals surface area contributed by atoms with Crippen LogP contribution in [0.15, 0.2) is 91.2 Å². The second kappa shape index (κ2) is 10.7. The molecule has 6 aromatic rings. The molecule has 0 fully saturated rings. The number of fused-ring (bicyclic) bond motifs is 2. The van der Waals surface area contributed by atoms with Crippen LogP contribution in [0.2, 0.25) is 0 Å². The van der Waals surface area contributed by atoms with Crippen LogP contribution in [-0.4, -0.2) is 38.4 Å². The molecule has 4 heterocycles. The van der Waals surface area contributed by atoms with E-state index in [0.717, 1.165) is 0 Å². The Labute approximate surface area is 238 Å². The van der Waals surface area contributed by atoms with Gasteiger partial charge in [-0.2, -0.15) is 0 Å². The van der Waals surface area contributed by atoms with E-state index in [2.05, 4.69) is 0 Å². The Morgan fingerprint density at radius 3 is 1.31 bits per heavy atom. The van der Waals surface area contributed by atoms with Gasteiger partial charge in [-0.15, -0.1) is 0 Å². The second-order valence-corrected chi connectivity index (χ2v) is 9.19. The molecule has 0 spiro atoms. The Morgan fingerprint density at radius 2 is 0.929 bits per heavy atom. The number of hydrogen-bond acceptors (Lipinski definition) is 10. The molecule has 42 heavy (non-hydrogen) atoms. The zero-order valence-electron chi connectivity index (χ0n) is 23.1. The zero-order valence-corrected chi connectivity index (χ0v) is 23.1. The molecule has 0 saturated heterocycles. The highest BCUT2D eigenvalue weighted by Gasteiger charge is 2.17. The van der Waals surface area contributed by atoms with Gasteiger partial charge in [-0.25, -0.2) is 19.6 Å². The van der Waals surface area contributed by atoms with Crippen LogP contribution in [0.25, 0.3) is 55.8 Å². The molecule has 4 aromatic heterocycles. The molecular weight excluding hydrogens is 540 g/mol. The summed E-state index contributed by atoms with van der Waals surface area (Å²) in [6.45, 7) is 0. The average Bonchev–Trinajstić information content (AvgIpc) is 3.02. The van der Waals surface area contributed by atoms with Gasteiger partial charge in [0.2, 0.25) is 0 Å². The van der Waals surface area contributed by atoms with Crippen LogP contribution in [0.5, 0.6) is 23.0 Å². The molecule has 0 atom stereocenters. The van der Waals surface area contributed by atoms with Crippen LogP contribution in [0.3, 0.4) is 0 Å². The fraction of sp³-hybridized carbons (Fsp3) is 0.125. The SMILES string of the molecule is COc1cc(OC)c2cc(-c3cccc(-c4cccc(-c5cc6c(OC)cc(OC)cc6oc5=O)n4)n3)c(=O)oc2c1. The molecule has 0 radical (unpaired) electrons. The van der Waals surface area contributed by atoms with E-state index in [1.807, 2.05) is 0 Å². The van der Waals surface area contributed by atoms with Gasteiger partial charge in [0.1, 0.15) is 34.2 Å². The van der Waals surface area contributed by atoms with Gasteiger partial charge in [-0.05, 0) is 36.4 Å². The van der Waals surface area contributed by atoms with Crippen molar-refractivity contribution in [2.75, 3.05) is 28.4 Å². The lowest BCUT2D eigenvalue weighted by Crippen LogP contribution is -2.06. The quantitative estimate of drug-likeness (QED) is 0.222. The van der Waals surface area contributed by atoms with Crippen molar-refractivity contribution in [1.82, 2.24) is 9.97 Å². The minimum Gasteiger partial charge on any atom is -0.496 e. The Balaban J connectivity index is 1.43. The fourth-order valence-electron chi connectivity index (χ4n) is 4.71. The van der Waals surface area contributed by atoms with E-state index < -0.39 is 11.3 Å². The van der Waals surface area contributed by atoms with E-state index in [0.29, 0.717) is 67.7 Å². The van der Waals surface area contributed by atoms with Crippen molar-refractivity contribution in [3.63, 3.8) is 0 Å². The number of rotatable bonds is 7. The van der Waals surface area contributed by atoms with Gasteiger partial charge in [0.25, 0.3) is 0 Å². The summed E-state index contributed by atoms with van der Waals surface area (Å²) in [5, 5.41) is 1.19. The summed E-state index contributed by atoms with van der Waals surface area (Å²) in [6.07, 6.45) is 0. The normalized spacial score (nSPS) is 11.0. The molecule has 0 saturated carbocycles. The highest BCUT2D eigenvalue weighted by Crippen LogP contribution is 2.34. The van der Waals surface area contributed by atoms with Crippen LogP contribution < -0.4 is 30.2 Å². The topological polar surface area (TPSA) is 123 Å². The predicted molar refractivity (Wildman–Crippen MR) is 157 cm³/mol. The van der Waals surface area contributed by atoms with Crippen LogP contribution in [0.4, 0.5) is 0 Å². The van der Waals surface area contributed by atoms with Crippen molar-refractivity contribution >= 4 is 21.9 Å². The van der Waals surface area contributed by atoms with E-state index in [1.165, 1.54) is 28.4 Å². The maximum atomic E-state index is 13.0. The van der Waals surface area contributed by atoms with Crippen molar-refractivity contribution < 1.29 is 27.8 Å². The summed E-state index contributed by atoms with van der Waals surface area (Å²) in [5.41, 5.74) is 1.78. The van der Waals surface area contributed by atoms with E-state index in [1.54, 1.807) is 72.8 Å². The van der Waals surface area contributed by atoms with Gasteiger partial charge in [-0.1, -0.05) is 12.1 Å². The second-order valence-electron chi connectivity index (χ2n) is 9.19. The van der Waals surface area contributed by atoms with Gasteiger partial charge in [0.15, 0.2) is 0 Å². The van der Waals surface area contributed by atoms with E-state index >= 15 is 0 Å². The number of methoxy groups -OCH3 is 4. The Hall–Kier alpha value is -5.64. The van der Waals surface area contributed by atoms with E-state index in [9.17, 15) is 9.59 Å². The standard InChI is InChI=1S/C32H24N2O8/c1-37-17-11-27(39-3)21-15-19(31(35)41-29(21)13-17)23-7-5-9-25(33-23)26-10-6-8-24(34-26)20-16-22-28(40-4)12-18(38-2)14-30(22)42-32(20)36/h5-16H,1-4H3. The van der Waals surface area contributed by atoms with E-state index in [-0.39, 0.29) is 11.1 Å². The number of nitrogens with zero attached hydrogens (tertiary/aromatic N) is 2. The summed E-state index contributed by atoms with van der Waals surface area (Å²) < 4.78 is 32.7. The Bertz CT molecular complexity index is 1950. The molecule has 10 nitrogen and oxygen atoms in total. The summed E-state index contributed by atoms with van der Waals surface area (Å²) in [7, 11) is 6.10. The highest BCUT2D eigenvalue weighted by molar-refractivity contribution is 5.89. The monoisotopic (exact) mass is 564 g/mol. The first-order chi connectivity index (χ1) is 20.4. The molecule has 10 heteroatoms. The Morgan fingerprint density at radius 1 is 0.524 bits per heavy atom. The molecule has 0 unspecified atom stereocenters. The van der Waals surface area contributed by atoms with Gasteiger partial charge < -0.3 is 27.8 Å². The number of benzene rings is 2. The number of hydrogen-bond donors (Lipinski definition) is 0. The number of pyridine rings is 2. The van der Waals surface area contributed by atoms with Crippen LogP contribution in [0, 0.1) is 0 Å². The summed E-state index contributed by atoms with van der Waals surface area (Å²) >= 11 is 0. The third-order valence-corrected chi connectivity index (χ3v) is 6.80. The van der Waals surface area contributed by atoms with Crippen molar-refractivity contribution in [2.24, 2.45) is 0 Å². The molecule has 6 rings (SSSR count). The third-order valence-electron chi connectivity index (χ3n) is 6.80. The van der Waals surface area contributed by atoms with Gasteiger partial charge in [0, 0.05) is 24.3 Å². The fourth-order valence-corrected chi connectivity index (χ4v) is 4.71. The molecule has 2 aromatic carbocycles. The van der Waals surface area contributed by atoms with Crippen molar-refractivity contribution in [3.05, 3.63) is 93.6 Å². The summed E-state index contributed by atoms with van der Waals surface area (Å²) in [4.78, 5) is 35.4. The predicted octanol–water partition coefficient (Wildman–Crippen LogP) is 5.72. The molecule has 0 bridgehead atoms. The molecule has 210 valence electrons. The first-order valence-electron chi connectivity index (χ1n) is 12.8. The number of aromatic nitrogens is 2. The lowest BCUT2D eigenvalue weighted by molar-refractivity contribution is 0.395. The van der Waals surface area contributed by atoms with Crippen molar-refractivity contribution in [3.8, 4) is 56.9 Å². The van der Waals surface area contributed by atoms with Gasteiger partial charge in [0.05, 0.1) is 73.1 Å². The van der Waals surface area contributed by atoms with Crippen LogP contribution in [-0.2, 0) is 0 Å². The molecule has 0 aliphatic carbocycles. The maximum Gasteiger partial charge on any atom is 0.345 e. The third kappa shape index (κ3) is 4.68. The first-order valence-corrected chi connectivity index (χ1v) is 12.8. The summed E-state index contributed by atoms with van der Waals surface area (Å²) in [6, 6.07) is 20.5. The molecule has 0 aliphatic rings. The smallest absolute Gasteiger partial charge is 0.345 e. The van der Waals surface area contributed by atoms with Crippen LogP contribution >= 0.6 is 0 Å². The minimum absolute atomic E-state index is 0.252.